The zero-order chi connectivity index (χ0) is 26.8. The Hall–Kier alpha value is -2.85. The summed E-state index contributed by atoms with van der Waals surface area (Å²) in [6, 6.07) is 5.71. The topological polar surface area (TPSA) is 101 Å². The fraction of sp³-hybridized carbons (Fsp3) is 0.538. The van der Waals surface area contributed by atoms with E-state index in [1.54, 1.807) is 20.8 Å². The molecule has 0 bridgehead atoms. The maximum Gasteiger partial charge on any atom is 0.341 e. The van der Waals surface area contributed by atoms with Gasteiger partial charge in [-0.1, -0.05) is 6.07 Å². The average molecular weight is 519 g/mol. The Morgan fingerprint density at radius 1 is 1.14 bits per heavy atom. The van der Waals surface area contributed by atoms with E-state index in [1.165, 1.54) is 4.31 Å². The molecule has 1 saturated heterocycles. The maximum absolute atomic E-state index is 13.9. The van der Waals surface area contributed by atoms with Gasteiger partial charge in [0, 0.05) is 56.5 Å². The third kappa shape index (κ3) is 5.29. The van der Waals surface area contributed by atoms with Crippen molar-refractivity contribution in [3.05, 3.63) is 40.7 Å². The van der Waals surface area contributed by atoms with Gasteiger partial charge in [-0.05, 0) is 65.2 Å². The lowest BCUT2D eigenvalue weighted by molar-refractivity contribution is -0.120. The van der Waals surface area contributed by atoms with Gasteiger partial charge >= 0.3 is 5.97 Å². The van der Waals surface area contributed by atoms with Crippen LogP contribution in [0.15, 0.2) is 23.1 Å². The summed E-state index contributed by atoms with van der Waals surface area (Å²) in [6.45, 7) is 10.1. The van der Waals surface area contributed by atoms with Crippen molar-refractivity contribution < 1.29 is 22.7 Å². The van der Waals surface area contributed by atoms with E-state index in [9.17, 15) is 18.0 Å². The Morgan fingerprint density at radius 2 is 1.83 bits per heavy atom. The zero-order valence-electron chi connectivity index (χ0n) is 22.3. The van der Waals surface area contributed by atoms with E-state index in [-0.39, 0.29) is 29.5 Å². The first-order valence-electron chi connectivity index (χ1n) is 12.4. The smallest absolute Gasteiger partial charge is 0.341 e. The van der Waals surface area contributed by atoms with Crippen LogP contribution in [0, 0.1) is 26.7 Å². The van der Waals surface area contributed by atoms with Crippen molar-refractivity contribution in [3.63, 3.8) is 0 Å². The molecule has 1 N–H and O–H groups in total. The van der Waals surface area contributed by atoms with Gasteiger partial charge in [0.2, 0.25) is 15.9 Å². The van der Waals surface area contributed by atoms with Gasteiger partial charge in [0.1, 0.15) is 10.5 Å². The van der Waals surface area contributed by atoms with Crippen molar-refractivity contribution in [2.45, 2.75) is 58.9 Å². The number of esters is 1. The van der Waals surface area contributed by atoms with Crippen LogP contribution in [-0.4, -0.2) is 63.0 Å². The van der Waals surface area contributed by atoms with Crippen LogP contribution >= 0.6 is 0 Å². The molecule has 198 valence electrons. The molecular formula is C26H38N4O5S. The molecule has 2 heterocycles. The number of carbonyl (C=O) groups is 2. The second kappa shape index (κ2) is 11.0. The van der Waals surface area contributed by atoms with Gasteiger partial charge in [-0.2, -0.15) is 4.31 Å². The third-order valence-electron chi connectivity index (χ3n) is 6.83. The Balaban J connectivity index is 1.89. The van der Waals surface area contributed by atoms with Crippen molar-refractivity contribution in [2.75, 3.05) is 44.0 Å². The van der Waals surface area contributed by atoms with Crippen molar-refractivity contribution in [1.82, 2.24) is 8.87 Å². The summed E-state index contributed by atoms with van der Waals surface area (Å²) < 4.78 is 36.1. The zero-order valence-corrected chi connectivity index (χ0v) is 23.2. The highest BCUT2D eigenvalue weighted by Crippen LogP contribution is 2.33. The summed E-state index contributed by atoms with van der Waals surface area (Å²) >= 11 is 0. The number of nitrogens with zero attached hydrogens (tertiary/aromatic N) is 3. The first-order chi connectivity index (χ1) is 16.9. The number of hydrogen-bond donors (Lipinski definition) is 1. The minimum Gasteiger partial charge on any atom is -0.462 e. The highest BCUT2D eigenvalue weighted by Gasteiger charge is 2.39. The summed E-state index contributed by atoms with van der Waals surface area (Å²) in [4.78, 5) is 27.9. The van der Waals surface area contributed by atoms with Gasteiger partial charge < -0.3 is 19.5 Å². The summed E-state index contributed by atoms with van der Waals surface area (Å²) in [6.07, 6.45) is 1.14. The Labute approximate surface area is 214 Å². The SMILES string of the molecule is CCOC(=O)c1c(S(=O)(=O)N2CCCC(C(=O)Nc3ccc(C)c(N(C)C)c3)C2)c(C)n(CC)c1C. The van der Waals surface area contributed by atoms with Crippen LogP contribution in [0.5, 0.6) is 0 Å². The van der Waals surface area contributed by atoms with Crippen molar-refractivity contribution in [1.29, 1.82) is 0 Å². The van der Waals surface area contributed by atoms with E-state index < -0.39 is 21.9 Å². The summed E-state index contributed by atoms with van der Waals surface area (Å²) in [5.41, 5.74) is 3.91. The number of aryl methyl sites for hydroxylation is 1. The van der Waals surface area contributed by atoms with Crippen LogP contribution in [-0.2, 0) is 26.1 Å². The van der Waals surface area contributed by atoms with Crippen LogP contribution in [0.25, 0.3) is 0 Å². The number of sulfonamides is 1. The molecule has 1 aromatic heterocycles. The molecule has 1 atom stereocenters. The first-order valence-corrected chi connectivity index (χ1v) is 13.8. The predicted octanol–water partition coefficient (Wildman–Crippen LogP) is 3.72. The van der Waals surface area contributed by atoms with Gasteiger partial charge in [0.15, 0.2) is 0 Å². The third-order valence-corrected chi connectivity index (χ3v) is 8.86. The quantitative estimate of drug-likeness (QED) is 0.535. The minimum absolute atomic E-state index is 0.0180. The van der Waals surface area contributed by atoms with Gasteiger partial charge in [-0.15, -0.1) is 0 Å². The molecular weight excluding hydrogens is 480 g/mol. The lowest BCUT2D eigenvalue weighted by Crippen LogP contribution is -2.44. The standard InChI is InChI=1S/C26H38N4O5S/c1-8-30-18(4)23(26(32)35-9-2)24(19(30)5)36(33,34)29-14-10-11-20(16-29)25(31)27-21-13-12-17(3)22(15-21)28(6)7/h12-13,15,20H,8-11,14,16H2,1-7H3,(H,27,31). The second-order valence-corrected chi connectivity index (χ2v) is 11.3. The normalized spacial score (nSPS) is 16.6. The molecule has 9 nitrogen and oxygen atoms in total. The van der Waals surface area contributed by atoms with E-state index >= 15 is 0 Å². The highest BCUT2D eigenvalue weighted by molar-refractivity contribution is 7.89. The van der Waals surface area contributed by atoms with E-state index in [2.05, 4.69) is 5.32 Å². The van der Waals surface area contributed by atoms with Gasteiger partial charge in [0.25, 0.3) is 0 Å². The molecule has 2 aromatic rings. The largest absolute Gasteiger partial charge is 0.462 e. The Bertz CT molecular complexity index is 1250. The minimum atomic E-state index is -4.04. The maximum atomic E-state index is 13.9. The predicted molar refractivity (Wildman–Crippen MR) is 141 cm³/mol. The molecule has 1 aliphatic heterocycles. The summed E-state index contributed by atoms with van der Waals surface area (Å²) in [5, 5.41) is 2.96. The van der Waals surface area contributed by atoms with Gasteiger partial charge in [-0.3, -0.25) is 4.79 Å². The van der Waals surface area contributed by atoms with E-state index in [4.69, 9.17) is 4.74 Å². The molecule has 10 heteroatoms. The number of anilines is 2. The fourth-order valence-electron chi connectivity index (χ4n) is 5.01. The Morgan fingerprint density at radius 3 is 2.44 bits per heavy atom. The van der Waals surface area contributed by atoms with Gasteiger partial charge in [-0.25, -0.2) is 13.2 Å². The van der Waals surface area contributed by atoms with E-state index in [1.807, 2.05) is 55.6 Å². The molecule has 0 radical (unpaired) electrons. The molecule has 3 rings (SSSR count). The fourth-order valence-corrected chi connectivity index (χ4v) is 6.98. The Kier molecular flexibility index (Phi) is 8.51. The summed E-state index contributed by atoms with van der Waals surface area (Å²) in [5.74, 6) is -1.36. The highest BCUT2D eigenvalue weighted by atomic mass is 32.2. The number of nitrogens with one attached hydrogen (secondary N) is 1. The van der Waals surface area contributed by atoms with Gasteiger partial charge in [0.05, 0.1) is 12.5 Å². The van der Waals surface area contributed by atoms with E-state index in [0.717, 1.165) is 11.3 Å². The van der Waals surface area contributed by atoms with Crippen LogP contribution in [0.4, 0.5) is 11.4 Å². The first kappa shape index (κ1) is 27.7. The van der Waals surface area contributed by atoms with Crippen LogP contribution in [0.3, 0.4) is 0 Å². The van der Waals surface area contributed by atoms with Crippen LogP contribution in [0.2, 0.25) is 0 Å². The number of carbonyl (C=O) groups excluding carboxylic acids is 2. The summed E-state index contributed by atoms with van der Waals surface area (Å²) in [7, 11) is -0.152. The molecule has 36 heavy (non-hydrogen) atoms. The van der Waals surface area contributed by atoms with Crippen LogP contribution < -0.4 is 10.2 Å². The molecule has 1 fully saturated rings. The number of rotatable bonds is 8. The monoisotopic (exact) mass is 518 g/mol. The lowest BCUT2D eigenvalue weighted by Gasteiger charge is -2.31. The molecule has 0 aliphatic carbocycles. The van der Waals surface area contributed by atoms with Crippen molar-refractivity contribution in [2.24, 2.45) is 5.92 Å². The second-order valence-electron chi connectivity index (χ2n) is 9.43. The molecule has 1 aromatic carbocycles. The molecule has 1 aliphatic rings. The number of aromatic nitrogens is 1. The molecule has 1 unspecified atom stereocenters. The lowest BCUT2D eigenvalue weighted by atomic mass is 9.98. The van der Waals surface area contributed by atoms with Crippen molar-refractivity contribution >= 4 is 33.3 Å². The number of benzene rings is 1. The molecule has 0 spiro atoms. The van der Waals surface area contributed by atoms with Crippen LogP contribution in [0.1, 0.15) is 54.0 Å². The molecule has 1 amide bonds. The van der Waals surface area contributed by atoms with Crippen molar-refractivity contribution in [3.8, 4) is 0 Å². The molecule has 0 saturated carbocycles. The number of hydrogen-bond acceptors (Lipinski definition) is 6. The number of amides is 1. The number of ether oxygens (including phenoxy) is 1. The van der Waals surface area contributed by atoms with E-state index in [0.29, 0.717) is 43.0 Å². The average Bonchev–Trinajstić information content (AvgIpc) is 3.10. The number of piperidine rings is 1.